The van der Waals surface area contributed by atoms with E-state index in [4.69, 9.17) is 10.5 Å². The van der Waals surface area contributed by atoms with Crippen molar-refractivity contribution in [2.75, 3.05) is 6.61 Å². The molecule has 0 amide bonds. The molecule has 0 spiro atoms. The number of carbonyl (C=O) groups is 1. The van der Waals surface area contributed by atoms with Crippen LogP contribution in [0, 0.1) is 5.92 Å². The third kappa shape index (κ3) is 2.20. The molecule has 2 N–H and O–H groups in total. The fraction of sp³-hybridized carbons (Fsp3) is 0.417. The molecule has 0 saturated heterocycles. The van der Waals surface area contributed by atoms with Crippen molar-refractivity contribution in [1.29, 1.82) is 0 Å². The van der Waals surface area contributed by atoms with Gasteiger partial charge in [0.1, 0.15) is 0 Å². The largest absolute Gasteiger partial charge is 0.466 e. The lowest BCUT2D eigenvalue weighted by atomic mass is 10.0. The topological polar surface area (TPSA) is 52.3 Å². The molecule has 1 aromatic carbocycles. The van der Waals surface area contributed by atoms with Crippen LogP contribution in [0.25, 0.3) is 0 Å². The van der Waals surface area contributed by atoms with Crippen LogP contribution in [-0.4, -0.2) is 12.6 Å². The minimum Gasteiger partial charge on any atom is -0.466 e. The minimum absolute atomic E-state index is 0. The summed E-state index contributed by atoms with van der Waals surface area (Å²) in [6.07, 6.45) is 0.705. The fourth-order valence-electron chi connectivity index (χ4n) is 2.11. The van der Waals surface area contributed by atoms with Crippen molar-refractivity contribution in [3.8, 4) is 0 Å². The van der Waals surface area contributed by atoms with E-state index >= 15 is 0 Å². The van der Waals surface area contributed by atoms with Gasteiger partial charge in [0.2, 0.25) is 0 Å². The second-order valence-electron chi connectivity index (χ2n) is 3.79. The summed E-state index contributed by atoms with van der Waals surface area (Å²) in [6.45, 7) is 2.23. The van der Waals surface area contributed by atoms with Gasteiger partial charge in [-0.3, -0.25) is 4.79 Å². The van der Waals surface area contributed by atoms with Crippen LogP contribution in [0.2, 0.25) is 0 Å². The average Bonchev–Trinajstić information content (AvgIpc) is 2.57. The van der Waals surface area contributed by atoms with E-state index in [2.05, 4.69) is 0 Å². The van der Waals surface area contributed by atoms with Crippen LogP contribution in [0.3, 0.4) is 0 Å². The molecule has 2 unspecified atom stereocenters. The summed E-state index contributed by atoms with van der Waals surface area (Å²) in [5.74, 6) is -0.386. The first-order chi connectivity index (χ1) is 7.24. The quantitative estimate of drug-likeness (QED) is 0.804. The van der Waals surface area contributed by atoms with Gasteiger partial charge < -0.3 is 10.5 Å². The van der Waals surface area contributed by atoms with Crippen LogP contribution in [0.15, 0.2) is 24.3 Å². The zero-order valence-corrected chi connectivity index (χ0v) is 10.00. The maximum atomic E-state index is 11.6. The Morgan fingerprint density at radius 2 is 2.19 bits per heavy atom. The van der Waals surface area contributed by atoms with Gasteiger partial charge >= 0.3 is 5.97 Å². The Labute approximate surface area is 101 Å². The first-order valence-corrected chi connectivity index (χ1v) is 5.24. The smallest absolute Gasteiger partial charge is 0.311 e. The fourth-order valence-corrected chi connectivity index (χ4v) is 2.11. The van der Waals surface area contributed by atoms with E-state index in [9.17, 15) is 4.79 Å². The molecule has 4 heteroatoms. The predicted molar refractivity (Wildman–Crippen MR) is 64.4 cm³/mol. The SMILES string of the molecule is CCOC(=O)C1Cc2ccccc2C1N.Cl. The van der Waals surface area contributed by atoms with E-state index in [1.54, 1.807) is 0 Å². The van der Waals surface area contributed by atoms with Gasteiger partial charge in [-0.05, 0) is 24.5 Å². The van der Waals surface area contributed by atoms with Gasteiger partial charge in [-0.2, -0.15) is 0 Å². The molecule has 1 aliphatic carbocycles. The Bertz CT molecular complexity index is 381. The number of rotatable bonds is 2. The number of hydrogen-bond acceptors (Lipinski definition) is 3. The Morgan fingerprint density at radius 3 is 2.81 bits per heavy atom. The highest BCUT2D eigenvalue weighted by Crippen LogP contribution is 2.34. The molecule has 1 aliphatic rings. The van der Waals surface area contributed by atoms with Crippen LogP contribution in [-0.2, 0) is 16.0 Å². The number of benzene rings is 1. The van der Waals surface area contributed by atoms with E-state index in [1.807, 2.05) is 31.2 Å². The number of hydrogen-bond donors (Lipinski definition) is 1. The molecular weight excluding hydrogens is 226 g/mol. The lowest BCUT2D eigenvalue weighted by Gasteiger charge is -2.13. The van der Waals surface area contributed by atoms with Crippen molar-refractivity contribution in [2.45, 2.75) is 19.4 Å². The number of ether oxygens (including phenoxy) is 1. The summed E-state index contributed by atoms with van der Waals surface area (Å²) < 4.78 is 5.01. The molecule has 0 aromatic heterocycles. The summed E-state index contributed by atoms with van der Waals surface area (Å²) >= 11 is 0. The highest BCUT2D eigenvalue weighted by Gasteiger charge is 2.35. The van der Waals surface area contributed by atoms with Gasteiger partial charge in [-0.1, -0.05) is 24.3 Å². The van der Waals surface area contributed by atoms with Gasteiger partial charge in [0.05, 0.1) is 12.5 Å². The summed E-state index contributed by atoms with van der Waals surface area (Å²) in [7, 11) is 0. The van der Waals surface area contributed by atoms with E-state index < -0.39 is 0 Å². The minimum atomic E-state index is -0.208. The van der Waals surface area contributed by atoms with Gasteiger partial charge in [-0.25, -0.2) is 0 Å². The van der Waals surface area contributed by atoms with Crippen molar-refractivity contribution in [2.24, 2.45) is 11.7 Å². The van der Waals surface area contributed by atoms with Gasteiger partial charge in [0.15, 0.2) is 0 Å². The van der Waals surface area contributed by atoms with Crippen LogP contribution in [0.4, 0.5) is 0 Å². The molecule has 0 heterocycles. The predicted octanol–water partition coefficient (Wildman–Crippen LogP) is 1.84. The Hall–Kier alpha value is -1.06. The van der Waals surface area contributed by atoms with Crippen LogP contribution in [0.1, 0.15) is 24.1 Å². The maximum absolute atomic E-state index is 11.6. The van der Waals surface area contributed by atoms with E-state index in [0.29, 0.717) is 13.0 Å². The molecule has 2 rings (SSSR count). The van der Waals surface area contributed by atoms with Gasteiger partial charge in [0.25, 0.3) is 0 Å². The molecule has 0 saturated carbocycles. The molecule has 2 atom stereocenters. The van der Waals surface area contributed by atoms with Crippen molar-refractivity contribution >= 4 is 18.4 Å². The molecule has 0 fully saturated rings. The molecule has 0 aliphatic heterocycles. The summed E-state index contributed by atoms with van der Waals surface area (Å²) in [4.78, 5) is 11.6. The maximum Gasteiger partial charge on any atom is 0.311 e. The van der Waals surface area contributed by atoms with E-state index in [0.717, 1.165) is 5.56 Å². The average molecular weight is 242 g/mol. The first-order valence-electron chi connectivity index (χ1n) is 5.24. The Morgan fingerprint density at radius 1 is 1.50 bits per heavy atom. The molecule has 0 bridgehead atoms. The van der Waals surface area contributed by atoms with Gasteiger partial charge in [-0.15, -0.1) is 12.4 Å². The van der Waals surface area contributed by atoms with Crippen molar-refractivity contribution in [3.05, 3.63) is 35.4 Å². The highest BCUT2D eigenvalue weighted by molar-refractivity contribution is 5.85. The molecule has 0 radical (unpaired) electrons. The second-order valence-corrected chi connectivity index (χ2v) is 3.79. The van der Waals surface area contributed by atoms with Crippen LogP contribution < -0.4 is 5.73 Å². The molecule has 1 aromatic rings. The normalized spacial score (nSPS) is 22.1. The first kappa shape index (κ1) is 13.0. The summed E-state index contributed by atoms with van der Waals surface area (Å²) in [5.41, 5.74) is 8.27. The summed E-state index contributed by atoms with van der Waals surface area (Å²) in [6, 6.07) is 7.72. The van der Waals surface area contributed by atoms with Crippen LogP contribution in [0.5, 0.6) is 0 Å². The van der Waals surface area contributed by atoms with Crippen molar-refractivity contribution < 1.29 is 9.53 Å². The lowest BCUT2D eigenvalue weighted by Crippen LogP contribution is -2.26. The Balaban J connectivity index is 0.00000128. The van der Waals surface area contributed by atoms with Crippen LogP contribution >= 0.6 is 12.4 Å². The molecule has 88 valence electrons. The number of carbonyl (C=O) groups excluding carboxylic acids is 1. The zero-order valence-electron chi connectivity index (χ0n) is 9.18. The Kier molecular flexibility index (Phi) is 4.33. The highest BCUT2D eigenvalue weighted by atomic mass is 35.5. The number of halogens is 1. The number of nitrogens with two attached hydrogens (primary N) is 1. The number of fused-ring (bicyclic) bond motifs is 1. The standard InChI is InChI=1S/C12H15NO2.ClH/c1-2-15-12(14)10-7-8-5-3-4-6-9(8)11(10)13;/h3-6,10-11H,2,7,13H2,1H3;1H. The van der Waals surface area contributed by atoms with E-state index in [-0.39, 0.29) is 30.3 Å². The molecular formula is C12H16ClNO2. The zero-order chi connectivity index (χ0) is 10.8. The third-order valence-corrected chi connectivity index (χ3v) is 2.88. The lowest BCUT2D eigenvalue weighted by molar-refractivity contribution is -0.148. The van der Waals surface area contributed by atoms with Crippen molar-refractivity contribution in [1.82, 2.24) is 0 Å². The number of esters is 1. The van der Waals surface area contributed by atoms with E-state index in [1.165, 1.54) is 5.56 Å². The van der Waals surface area contributed by atoms with Crippen molar-refractivity contribution in [3.63, 3.8) is 0 Å². The second kappa shape index (κ2) is 5.32. The molecule has 3 nitrogen and oxygen atoms in total. The monoisotopic (exact) mass is 241 g/mol. The summed E-state index contributed by atoms with van der Waals surface area (Å²) in [5, 5.41) is 0. The van der Waals surface area contributed by atoms with Gasteiger partial charge in [0, 0.05) is 6.04 Å². The third-order valence-electron chi connectivity index (χ3n) is 2.88. The molecule has 16 heavy (non-hydrogen) atoms.